The predicted octanol–water partition coefficient (Wildman–Crippen LogP) is 3.44. The van der Waals surface area contributed by atoms with Crippen LogP contribution in [0.2, 0.25) is 0 Å². The molecule has 0 fully saturated rings. The van der Waals surface area contributed by atoms with Crippen LogP contribution in [-0.4, -0.2) is 16.3 Å². The highest BCUT2D eigenvalue weighted by Crippen LogP contribution is 2.35. The number of benzene rings is 2. The first-order valence-electron chi connectivity index (χ1n) is 6.57. The molecule has 102 valence electrons. The van der Waals surface area contributed by atoms with Crippen LogP contribution in [0.1, 0.15) is 12.0 Å². The third-order valence-corrected chi connectivity index (χ3v) is 4.71. The predicted molar refractivity (Wildman–Crippen MR) is 81.1 cm³/mol. The van der Waals surface area contributed by atoms with Gasteiger partial charge in [0.15, 0.2) is 0 Å². The summed E-state index contributed by atoms with van der Waals surface area (Å²) in [6.07, 6.45) is 1.63. The molecule has 0 radical (unpaired) electrons. The van der Waals surface area contributed by atoms with Gasteiger partial charge in [-0.25, -0.2) is 0 Å². The van der Waals surface area contributed by atoms with E-state index in [1.807, 2.05) is 36.4 Å². The first kappa shape index (κ1) is 13.1. The van der Waals surface area contributed by atoms with Crippen LogP contribution in [0.5, 0.6) is 5.75 Å². The zero-order chi connectivity index (χ0) is 13.9. The van der Waals surface area contributed by atoms with Crippen LogP contribution < -0.4 is 5.32 Å². The van der Waals surface area contributed by atoms with Crippen molar-refractivity contribution in [2.75, 3.05) is 5.32 Å². The Kier molecular flexibility index (Phi) is 3.65. The molecule has 0 spiro atoms. The molecule has 4 heteroatoms. The average molecular weight is 285 g/mol. The second-order valence-electron chi connectivity index (χ2n) is 4.76. The lowest BCUT2D eigenvalue weighted by atomic mass is 10.1. The number of rotatable bonds is 2. The van der Waals surface area contributed by atoms with Gasteiger partial charge >= 0.3 is 0 Å². The lowest BCUT2D eigenvalue weighted by Gasteiger charge is -2.13. The van der Waals surface area contributed by atoms with Gasteiger partial charge in [0.05, 0.1) is 5.25 Å². The monoisotopic (exact) mass is 285 g/mol. The van der Waals surface area contributed by atoms with Gasteiger partial charge in [-0.05, 0) is 36.6 Å². The van der Waals surface area contributed by atoms with Gasteiger partial charge in [-0.2, -0.15) is 0 Å². The number of phenolic OH excluding ortho intramolecular Hbond substituents is 1. The maximum atomic E-state index is 12.3. The molecule has 1 heterocycles. The second kappa shape index (κ2) is 5.59. The number of amides is 1. The number of anilines is 1. The van der Waals surface area contributed by atoms with E-state index in [-0.39, 0.29) is 16.9 Å². The van der Waals surface area contributed by atoms with E-state index < -0.39 is 0 Å². The SMILES string of the molecule is O=C1Nc2ccccc2CCC1Sc1ccccc1O. The summed E-state index contributed by atoms with van der Waals surface area (Å²) in [6.45, 7) is 0. The standard InChI is InChI=1S/C16H15NO2S/c18-13-7-3-4-8-14(13)20-15-10-9-11-5-1-2-6-12(11)17-16(15)19/h1-8,15,18H,9-10H2,(H,17,19). The quantitative estimate of drug-likeness (QED) is 0.888. The molecule has 0 aromatic heterocycles. The minimum absolute atomic E-state index is 0.00297. The number of fused-ring (bicyclic) bond motifs is 1. The third kappa shape index (κ3) is 2.65. The third-order valence-electron chi connectivity index (χ3n) is 3.38. The second-order valence-corrected chi connectivity index (χ2v) is 6.00. The number of carbonyl (C=O) groups excluding carboxylic acids is 1. The van der Waals surface area contributed by atoms with Crippen LogP contribution in [0, 0.1) is 0 Å². The molecule has 0 saturated carbocycles. The molecule has 2 aromatic rings. The fraction of sp³-hybridized carbons (Fsp3) is 0.188. The van der Waals surface area contributed by atoms with Crippen LogP contribution in [0.15, 0.2) is 53.4 Å². The maximum Gasteiger partial charge on any atom is 0.237 e. The van der Waals surface area contributed by atoms with E-state index in [4.69, 9.17) is 0 Å². The molecule has 3 rings (SSSR count). The van der Waals surface area contributed by atoms with Crippen molar-refractivity contribution in [2.24, 2.45) is 0 Å². The minimum atomic E-state index is -0.185. The number of hydrogen-bond donors (Lipinski definition) is 2. The van der Waals surface area contributed by atoms with Gasteiger partial charge in [-0.3, -0.25) is 4.79 Å². The number of phenols is 1. The number of nitrogens with one attached hydrogen (secondary N) is 1. The normalized spacial score (nSPS) is 18.0. The highest BCUT2D eigenvalue weighted by Gasteiger charge is 2.25. The van der Waals surface area contributed by atoms with Gasteiger partial charge in [0, 0.05) is 10.6 Å². The fourth-order valence-corrected chi connectivity index (χ4v) is 3.37. The molecule has 0 aliphatic carbocycles. The summed E-state index contributed by atoms with van der Waals surface area (Å²) in [5.41, 5.74) is 2.07. The Morgan fingerprint density at radius 3 is 2.70 bits per heavy atom. The van der Waals surface area contributed by atoms with Crippen molar-refractivity contribution in [3.63, 3.8) is 0 Å². The van der Waals surface area contributed by atoms with E-state index in [1.165, 1.54) is 17.3 Å². The van der Waals surface area contributed by atoms with Crippen molar-refractivity contribution >= 4 is 23.4 Å². The molecule has 1 unspecified atom stereocenters. The van der Waals surface area contributed by atoms with Crippen molar-refractivity contribution in [1.29, 1.82) is 0 Å². The Labute approximate surface area is 122 Å². The molecule has 0 bridgehead atoms. The zero-order valence-corrected chi connectivity index (χ0v) is 11.7. The number of hydrogen-bond acceptors (Lipinski definition) is 3. The Bertz CT molecular complexity index is 642. The van der Waals surface area contributed by atoms with Gasteiger partial charge in [0.1, 0.15) is 5.75 Å². The van der Waals surface area contributed by atoms with Crippen LogP contribution >= 0.6 is 11.8 Å². The number of carbonyl (C=O) groups is 1. The lowest BCUT2D eigenvalue weighted by Crippen LogP contribution is -2.23. The van der Waals surface area contributed by atoms with E-state index in [0.717, 1.165) is 23.4 Å². The summed E-state index contributed by atoms with van der Waals surface area (Å²) >= 11 is 1.42. The van der Waals surface area contributed by atoms with Gasteiger partial charge in [0.25, 0.3) is 0 Å². The molecule has 2 aromatic carbocycles. The van der Waals surface area contributed by atoms with Gasteiger partial charge in [0.2, 0.25) is 5.91 Å². The summed E-state index contributed by atoms with van der Waals surface area (Å²) in [5, 5.41) is 12.6. The molecule has 0 saturated heterocycles. The summed E-state index contributed by atoms with van der Waals surface area (Å²) < 4.78 is 0. The Morgan fingerprint density at radius 2 is 1.85 bits per heavy atom. The van der Waals surface area contributed by atoms with Crippen molar-refractivity contribution < 1.29 is 9.90 Å². The Hall–Kier alpha value is -1.94. The molecule has 1 amide bonds. The number of aryl methyl sites for hydroxylation is 1. The summed E-state index contributed by atoms with van der Waals surface area (Å²) in [4.78, 5) is 13.0. The maximum absolute atomic E-state index is 12.3. The number of para-hydroxylation sites is 2. The Balaban J connectivity index is 1.80. The first-order chi connectivity index (χ1) is 9.74. The van der Waals surface area contributed by atoms with E-state index in [9.17, 15) is 9.90 Å². The first-order valence-corrected chi connectivity index (χ1v) is 7.45. The highest BCUT2D eigenvalue weighted by molar-refractivity contribution is 8.00. The van der Waals surface area contributed by atoms with Gasteiger partial charge in [-0.15, -0.1) is 11.8 Å². The van der Waals surface area contributed by atoms with Crippen molar-refractivity contribution in [3.05, 3.63) is 54.1 Å². The van der Waals surface area contributed by atoms with Crippen molar-refractivity contribution in [1.82, 2.24) is 0 Å². The van der Waals surface area contributed by atoms with Crippen LogP contribution in [0.25, 0.3) is 0 Å². The highest BCUT2D eigenvalue weighted by atomic mass is 32.2. The van der Waals surface area contributed by atoms with Gasteiger partial charge in [-0.1, -0.05) is 30.3 Å². The number of thioether (sulfide) groups is 1. The van der Waals surface area contributed by atoms with Crippen molar-refractivity contribution in [2.45, 2.75) is 23.0 Å². The average Bonchev–Trinajstić information content (AvgIpc) is 2.61. The minimum Gasteiger partial charge on any atom is -0.507 e. The molecular formula is C16H15NO2S. The summed E-state index contributed by atoms with van der Waals surface area (Å²) in [6, 6.07) is 15.0. The molecule has 1 aliphatic rings. The molecule has 1 aliphatic heterocycles. The van der Waals surface area contributed by atoms with Crippen LogP contribution in [0.3, 0.4) is 0 Å². The smallest absolute Gasteiger partial charge is 0.237 e. The molecule has 1 atom stereocenters. The van der Waals surface area contributed by atoms with E-state index >= 15 is 0 Å². The fourth-order valence-electron chi connectivity index (χ4n) is 2.31. The molecule has 2 N–H and O–H groups in total. The molecule has 20 heavy (non-hydrogen) atoms. The van der Waals surface area contributed by atoms with Crippen molar-refractivity contribution in [3.8, 4) is 5.75 Å². The summed E-state index contributed by atoms with van der Waals surface area (Å²) in [7, 11) is 0. The van der Waals surface area contributed by atoms with E-state index in [0.29, 0.717) is 0 Å². The van der Waals surface area contributed by atoms with Crippen LogP contribution in [0.4, 0.5) is 5.69 Å². The largest absolute Gasteiger partial charge is 0.507 e. The van der Waals surface area contributed by atoms with Gasteiger partial charge < -0.3 is 10.4 Å². The van der Waals surface area contributed by atoms with E-state index in [2.05, 4.69) is 5.32 Å². The lowest BCUT2D eigenvalue weighted by molar-refractivity contribution is -0.115. The molecule has 3 nitrogen and oxygen atoms in total. The molecular weight excluding hydrogens is 270 g/mol. The summed E-state index contributed by atoms with van der Waals surface area (Å²) in [5.74, 6) is 0.232. The zero-order valence-electron chi connectivity index (χ0n) is 10.9. The topological polar surface area (TPSA) is 49.3 Å². The van der Waals surface area contributed by atoms with E-state index in [1.54, 1.807) is 12.1 Å². The Morgan fingerprint density at radius 1 is 1.10 bits per heavy atom. The number of aromatic hydroxyl groups is 1. The van der Waals surface area contributed by atoms with Crippen LogP contribution in [-0.2, 0) is 11.2 Å².